The van der Waals surface area contributed by atoms with Gasteiger partial charge in [-0.1, -0.05) is 140 Å². The molecule has 0 atom stereocenters. The van der Waals surface area contributed by atoms with Crippen LogP contribution >= 0.6 is 0 Å². The minimum Gasteiger partial charge on any atom is -0.275 e. The lowest BCUT2D eigenvalue weighted by Gasteiger charge is -2.24. The van der Waals surface area contributed by atoms with E-state index in [-0.39, 0.29) is 5.56 Å². The van der Waals surface area contributed by atoms with Gasteiger partial charge in [0.1, 0.15) is 0 Å². The number of rotatable bonds is 5. The first-order valence-electron chi connectivity index (χ1n) is 14.2. The van der Waals surface area contributed by atoms with E-state index in [1.807, 2.05) is 53.1 Å². The van der Waals surface area contributed by atoms with Gasteiger partial charge in [-0.3, -0.25) is 9.36 Å². The molecule has 0 N–H and O–H groups in total. The predicted octanol–water partition coefficient (Wildman–Crippen LogP) is 7.75. The molecule has 0 radical (unpaired) electrons. The lowest BCUT2D eigenvalue weighted by molar-refractivity contribution is 1.04. The molecule has 0 saturated carbocycles. The molecule has 0 aliphatic heterocycles. The van der Waals surface area contributed by atoms with Crippen LogP contribution in [0, 0.1) is 0 Å². The van der Waals surface area contributed by atoms with E-state index in [0.717, 1.165) is 49.1 Å². The summed E-state index contributed by atoms with van der Waals surface area (Å²) in [5, 5.41) is 4.92. The molecule has 2 heteroatoms. The molecule has 0 fully saturated rings. The summed E-state index contributed by atoms with van der Waals surface area (Å²) in [6.07, 6.45) is 8.54. The van der Waals surface area contributed by atoms with Crippen molar-refractivity contribution in [2.24, 2.45) is 0 Å². The van der Waals surface area contributed by atoms with Crippen molar-refractivity contribution in [2.45, 2.75) is 6.42 Å². The third kappa shape index (κ3) is 4.34. The number of fused-ring (bicyclic) bond motifs is 4. The molecule has 0 bridgehead atoms. The minimum atomic E-state index is -0.0186. The summed E-state index contributed by atoms with van der Waals surface area (Å²) in [6.45, 7) is 3.85. The summed E-state index contributed by atoms with van der Waals surface area (Å²) in [5.41, 5.74) is 7.55. The lowest BCUT2D eigenvalue weighted by Crippen LogP contribution is -2.38. The van der Waals surface area contributed by atoms with Crippen molar-refractivity contribution in [3.63, 3.8) is 0 Å². The third-order valence-electron chi connectivity index (χ3n) is 8.06. The Labute approximate surface area is 244 Å². The highest BCUT2D eigenvalue weighted by Gasteiger charge is 2.22. The molecule has 2 nitrogen and oxygen atoms in total. The number of hydrogen-bond acceptors (Lipinski definition) is 1. The summed E-state index contributed by atoms with van der Waals surface area (Å²) < 4.78 is 1.94. The van der Waals surface area contributed by atoms with Crippen LogP contribution in [0.5, 0.6) is 0 Å². The molecule has 1 aliphatic rings. The molecule has 1 aliphatic carbocycles. The number of pyridine rings is 1. The number of allylic oxidation sites excluding steroid dienone is 5. The fourth-order valence-electron chi connectivity index (χ4n) is 6.16. The van der Waals surface area contributed by atoms with Gasteiger partial charge in [0.15, 0.2) is 0 Å². The molecule has 5 aromatic carbocycles. The fraction of sp³-hybridized carbons (Fsp3) is 0.0250. The Hall–Kier alpha value is -5.47. The van der Waals surface area contributed by atoms with E-state index >= 15 is 0 Å². The molecule has 0 unspecified atom stereocenters. The van der Waals surface area contributed by atoms with Crippen LogP contribution in [0.1, 0.15) is 12.0 Å². The first kappa shape index (κ1) is 25.5. The first-order valence-corrected chi connectivity index (χ1v) is 14.2. The number of para-hydroxylation sites is 1. The zero-order valence-corrected chi connectivity index (χ0v) is 23.2. The van der Waals surface area contributed by atoms with Gasteiger partial charge in [-0.2, -0.15) is 0 Å². The molecular formula is C40H29NO. The highest BCUT2D eigenvalue weighted by Crippen LogP contribution is 2.33. The van der Waals surface area contributed by atoms with Gasteiger partial charge in [-0.05, 0) is 56.6 Å². The second-order valence-electron chi connectivity index (χ2n) is 10.5. The topological polar surface area (TPSA) is 22.0 Å². The highest BCUT2D eigenvalue weighted by molar-refractivity contribution is 6.08. The SMILES string of the molecule is C=C/C=C\C=C1/CC(c2ccccc2)=c2ccccc2=C1n1c(=O)c2ccc(-c3ccccc3)cc2c2ccccc21. The Bertz CT molecular complexity index is 2230. The largest absolute Gasteiger partial charge is 0.275 e. The molecule has 0 spiro atoms. The minimum absolute atomic E-state index is 0.0186. The Morgan fingerprint density at radius 1 is 0.595 bits per heavy atom. The fourth-order valence-corrected chi connectivity index (χ4v) is 6.16. The summed E-state index contributed by atoms with van der Waals surface area (Å²) in [5.74, 6) is 0. The summed E-state index contributed by atoms with van der Waals surface area (Å²) in [6, 6.07) is 43.8. The van der Waals surface area contributed by atoms with Crippen LogP contribution < -0.4 is 16.0 Å². The predicted molar refractivity (Wildman–Crippen MR) is 177 cm³/mol. The van der Waals surface area contributed by atoms with Crippen molar-refractivity contribution in [1.29, 1.82) is 0 Å². The Morgan fingerprint density at radius 2 is 1.26 bits per heavy atom. The van der Waals surface area contributed by atoms with E-state index in [0.29, 0.717) is 11.8 Å². The molecule has 0 amide bonds. The van der Waals surface area contributed by atoms with Crippen molar-refractivity contribution < 1.29 is 0 Å². The smallest absolute Gasteiger partial charge is 0.263 e. The molecule has 6 aromatic rings. The normalized spacial score (nSPS) is 14.1. The third-order valence-corrected chi connectivity index (χ3v) is 8.06. The van der Waals surface area contributed by atoms with Crippen LogP contribution in [0.3, 0.4) is 0 Å². The molecule has 1 heterocycles. The number of hydrogen-bond donors (Lipinski definition) is 0. The van der Waals surface area contributed by atoms with Crippen molar-refractivity contribution in [3.05, 3.63) is 190 Å². The Kier molecular flexibility index (Phi) is 6.58. The molecule has 0 saturated heterocycles. The number of aromatic nitrogens is 1. The van der Waals surface area contributed by atoms with E-state index in [1.54, 1.807) is 6.08 Å². The summed E-state index contributed by atoms with van der Waals surface area (Å²) in [7, 11) is 0. The average Bonchev–Trinajstić information content (AvgIpc) is 3.06. The van der Waals surface area contributed by atoms with E-state index in [9.17, 15) is 4.79 Å². The van der Waals surface area contributed by atoms with E-state index in [4.69, 9.17) is 0 Å². The van der Waals surface area contributed by atoms with Crippen LogP contribution in [0.25, 0.3) is 44.1 Å². The van der Waals surface area contributed by atoms with Gasteiger partial charge in [0, 0.05) is 22.4 Å². The molecular weight excluding hydrogens is 510 g/mol. The van der Waals surface area contributed by atoms with Crippen LogP contribution in [0.2, 0.25) is 0 Å². The molecule has 200 valence electrons. The molecule has 42 heavy (non-hydrogen) atoms. The van der Waals surface area contributed by atoms with Crippen molar-refractivity contribution >= 4 is 32.9 Å². The second kappa shape index (κ2) is 10.8. The highest BCUT2D eigenvalue weighted by atomic mass is 16.1. The van der Waals surface area contributed by atoms with E-state index in [1.165, 1.54) is 11.1 Å². The van der Waals surface area contributed by atoms with Crippen molar-refractivity contribution in [2.75, 3.05) is 0 Å². The van der Waals surface area contributed by atoms with Crippen LogP contribution in [-0.2, 0) is 0 Å². The molecule has 1 aromatic heterocycles. The van der Waals surface area contributed by atoms with Gasteiger partial charge in [0.25, 0.3) is 5.56 Å². The zero-order valence-electron chi connectivity index (χ0n) is 23.2. The maximum absolute atomic E-state index is 14.6. The Morgan fingerprint density at radius 3 is 2.02 bits per heavy atom. The van der Waals surface area contributed by atoms with Crippen molar-refractivity contribution in [1.82, 2.24) is 4.57 Å². The van der Waals surface area contributed by atoms with E-state index < -0.39 is 0 Å². The number of benzene rings is 5. The zero-order chi connectivity index (χ0) is 28.5. The first-order chi connectivity index (χ1) is 20.7. The van der Waals surface area contributed by atoms with Gasteiger partial charge < -0.3 is 0 Å². The van der Waals surface area contributed by atoms with Gasteiger partial charge in [0.05, 0.1) is 11.2 Å². The maximum atomic E-state index is 14.6. The second-order valence-corrected chi connectivity index (χ2v) is 10.5. The standard InChI is InChI=1S/C40H29NO/c1-2-3-6-19-31-27-36(29-17-9-5-10-18-29)32-20-11-12-22-34(32)39(31)41-38-23-14-13-21-33(38)37-26-30(24-25-35(37)40(41)42)28-15-7-4-8-16-28/h2-26H,1,27H2/b6-3-,31-19+. The van der Waals surface area contributed by atoms with Crippen molar-refractivity contribution in [3.8, 4) is 11.1 Å². The van der Waals surface area contributed by atoms with Crippen LogP contribution in [0.15, 0.2) is 169 Å². The van der Waals surface area contributed by atoms with Gasteiger partial charge in [0.2, 0.25) is 0 Å². The molecule has 7 rings (SSSR count). The quantitative estimate of drug-likeness (QED) is 0.162. The lowest BCUT2D eigenvalue weighted by atomic mass is 9.88. The van der Waals surface area contributed by atoms with Gasteiger partial charge in [-0.25, -0.2) is 0 Å². The van der Waals surface area contributed by atoms with Crippen LogP contribution in [-0.4, -0.2) is 4.57 Å². The van der Waals surface area contributed by atoms with Crippen LogP contribution in [0.4, 0.5) is 0 Å². The summed E-state index contributed by atoms with van der Waals surface area (Å²) in [4.78, 5) is 14.6. The monoisotopic (exact) mass is 539 g/mol. The Balaban J connectivity index is 1.62. The summed E-state index contributed by atoms with van der Waals surface area (Å²) >= 11 is 0. The average molecular weight is 540 g/mol. The number of nitrogens with zero attached hydrogens (tertiary/aromatic N) is 1. The van der Waals surface area contributed by atoms with E-state index in [2.05, 4.69) is 104 Å². The van der Waals surface area contributed by atoms with Gasteiger partial charge in [-0.15, -0.1) is 0 Å². The van der Waals surface area contributed by atoms with Gasteiger partial charge >= 0.3 is 0 Å². The maximum Gasteiger partial charge on any atom is 0.263 e.